The summed E-state index contributed by atoms with van der Waals surface area (Å²) in [5.74, 6) is -3.90. The van der Waals surface area contributed by atoms with E-state index >= 15 is 0 Å². The number of para-hydroxylation sites is 2. The van der Waals surface area contributed by atoms with Crippen molar-refractivity contribution in [3.05, 3.63) is 76.6 Å². The number of nitrogens with one attached hydrogen (secondary N) is 2. The van der Waals surface area contributed by atoms with E-state index in [0.717, 1.165) is 6.20 Å². The first kappa shape index (κ1) is 66.7. The van der Waals surface area contributed by atoms with E-state index in [1.54, 1.807) is 45.0 Å². The van der Waals surface area contributed by atoms with Crippen molar-refractivity contribution in [1.29, 1.82) is 5.26 Å². The number of aromatic nitrogens is 1. The van der Waals surface area contributed by atoms with Crippen LogP contribution in [-0.2, 0) is 49.1 Å². The summed E-state index contributed by atoms with van der Waals surface area (Å²) in [5.41, 5.74) is -0.911. The van der Waals surface area contributed by atoms with Crippen LogP contribution < -0.4 is 20.3 Å². The Labute approximate surface area is 462 Å². The van der Waals surface area contributed by atoms with E-state index in [-0.39, 0.29) is 144 Å². The Morgan fingerprint density at radius 2 is 1.11 bits per heavy atom. The normalized spacial score (nSPS) is 14.1. The van der Waals surface area contributed by atoms with Crippen LogP contribution in [0.15, 0.2) is 54.7 Å². The molecule has 1 aromatic heterocycles. The fourth-order valence-electron chi connectivity index (χ4n) is 7.61. The molecule has 27 heteroatoms. The second-order valence-corrected chi connectivity index (χ2v) is 17.7. The van der Waals surface area contributed by atoms with E-state index < -0.39 is 35.7 Å². The van der Waals surface area contributed by atoms with Gasteiger partial charge in [0.15, 0.2) is 0 Å². The number of pyridine rings is 1. The summed E-state index contributed by atoms with van der Waals surface area (Å²) >= 11 is 6.36. The van der Waals surface area contributed by atoms with Crippen LogP contribution in [0.5, 0.6) is 5.75 Å². The van der Waals surface area contributed by atoms with E-state index in [4.69, 9.17) is 35.3 Å². The minimum absolute atomic E-state index is 0.00148. The zero-order valence-corrected chi connectivity index (χ0v) is 45.4. The van der Waals surface area contributed by atoms with E-state index in [0.29, 0.717) is 70.1 Å². The SMILES string of the molecule is CC.CN(C(=O)c1ccc(Cl)c(-c2cnc(C(F)(F)F)cc2C#N)c1)c1ccccc1OCCC(=O)NCCOCCOCCOCCOCCNC(=O)CN1CCN(CC(=O)O)CCN(CC(=O)O)CCN(CC(=O)O)CC1. The number of carboxylic acids is 3. The minimum atomic E-state index is -4.77. The van der Waals surface area contributed by atoms with Gasteiger partial charge in [-0.25, -0.2) is 0 Å². The summed E-state index contributed by atoms with van der Waals surface area (Å²) in [7, 11) is 1.50. The largest absolute Gasteiger partial charge is 0.491 e. The lowest BCUT2D eigenvalue weighted by atomic mass is 9.99. The molecule has 0 spiro atoms. The maximum Gasteiger partial charge on any atom is 0.433 e. The van der Waals surface area contributed by atoms with Crippen molar-refractivity contribution in [1.82, 2.24) is 35.2 Å². The van der Waals surface area contributed by atoms with Gasteiger partial charge in [-0.3, -0.25) is 53.4 Å². The highest BCUT2D eigenvalue weighted by Gasteiger charge is 2.33. The number of halogens is 4. The number of benzene rings is 2. The van der Waals surface area contributed by atoms with Crippen LogP contribution in [0.2, 0.25) is 5.02 Å². The molecule has 0 unspecified atom stereocenters. The first-order valence-electron chi connectivity index (χ1n) is 25.5. The van der Waals surface area contributed by atoms with E-state index in [1.807, 2.05) is 18.7 Å². The third kappa shape index (κ3) is 25.9. The van der Waals surface area contributed by atoms with Gasteiger partial charge in [-0.15, -0.1) is 0 Å². The Hall–Kier alpha value is -6.54. The molecule has 4 rings (SSSR count). The van der Waals surface area contributed by atoms with Crippen LogP contribution in [-0.4, -0.2) is 234 Å². The van der Waals surface area contributed by atoms with Crippen LogP contribution in [0.3, 0.4) is 0 Å². The summed E-state index contributed by atoms with van der Waals surface area (Å²) in [5, 5.41) is 43.4. The maximum atomic E-state index is 13.6. The molecule has 436 valence electrons. The monoisotopic (exact) mass is 1140 g/mol. The summed E-state index contributed by atoms with van der Waals surface area (Å²) in [4.78, 5) is 85.0. The van der Waals surface area contributed by atoms with Gasteiger partial charge in [0, 0.05) is 100 Å². The Kier molecular flexibility index (Phi) is 30.9. The van der Waals surface area contributed by atoms with Crippen molar-refractivity contribution in [2.24, 2.45) is 0 Å². The molecule has 1 saturated heterocycles. The number of carboxylic acid groups (broad SMARTS) is 3. The Morgan fingerprint density at radius 1 is 0.658 bits per heavy atom. The van der Waals surface area contributed by atoms with E-state index in [9.17, 15) is 62.5 Å². The first-order valence-corrected chi connectivity index (χ1v) is 25.9. The molecule has 1 fully saturated rings. The molecular weight excluding hydrogens is 1070 g/mol. The predicted octanol–water partition coefficient (Wildman–Crippen LogP) is 3.14. The highest BCUT2D eigenvalue weighted by molar-refractivity contribution is 6.33. The second-order valence-electron chi connectivity index (χ2n) is 17.3. The van der Waals surface area contributed by atoms with Gasteiger partial charge in [0.25, 0.3) is 5.91 Å². The molecule has 5 N–H and O–H groups in total. The molecule has 0 aliphatic carbocycles. The molecule has 3 amide bonds. The quantitative estimate of drug-likeness (QED) is 0.0600. The third-order valence-electron chi connectivity index (χ3n) is 11.6. The van der Waals surface area contributed by atoms with Crippen molar-refractivity contribution < 1.29 is 80.9 Å². The number of nitrogens with zero attached hydrogens (tertiary/aromatic N) is 7. The topological polar surface area (TPSA) is 286 Å². The Morgan fingerprint density at radius 3 is 1.58 bits per heavy atom. The average molecular weight is 1140 g/mol. The standard InChI is InChI=1S/C50H65ClF3N9O14.C2H6/c1-59(49(72)36-6-7-40(51)38(28-36)39-31-58-43(50(52,53)54)29-37(39)30-55)41-4-2-3-5-42(41)77-19-8-44(64)56-9-20-73-22-24-75-26-27-76-25-23-74-21-10-57-45(65)32-60-11-13-61(33-46(66)67)15-17-63(35-48(70)71)18-16-62(14-12-60)34-47(68)69;1-2/h2-7,28-29,31H,8-27,32-35H2,1H3,(H,56,64)(H,57,65)(H,66,67)(H,68,69)(H,70,71);1-2H3. The number of alkyl halides is 3. The van der Waals surface area contributed by atoms with Crippen LogP contribution in [0.1, 0.15) is 41.9 Å². The van der Waals surface area contributed by atoms with Crippen molar-refractivity contribution in [2.75, 3.05) is 163 Å². The zero-order valence-electron chi connectivity index (χ0n) is 44.6. The number of hydrogen-bond acceptors (Lipinski definition) is 17. The van der Waals surface area contributed by atoms with Crippen molar-refractivity contribution in [2.45, 2.75) is 26.4 Å². The molecule has 1 aliphatic heterocycles. The highest BCUT2D eigenvalue weighted by Crippen LogP contribution is 2.36. The fourth-order valence-corrected chi connectivity index (χ4v) is 7.83. The molecule has 3 aromatic rings. The van der Waals surface area contributed by atoms with E-state index in [2.05, 4.69) is 15.6 Å². The van der Waals surface area contributed by atoms with Crippen LogP contribution in [0.25, 0.3) is 11.1 Å². The summed E-state index contributed by atoms with van der Waals surface area (Å²) in [6.45, 7) is 8.21. The minimum Gasteiger partial charge on any atom is -0.491 e. The number of amides is 3. The van der Waals surface area contributed by atoms with Gasteiger partial charge in [0.05, 0.1) is 109 Å². The van der Waals surface area contributed by atoms with Gasteiger partial charge in [-0.2, -0.15) is 18.4 Å². The Bertz CT molecular complexity index is 2420. The molecule has 0 radical (unpaired) electrons. The molecule has 23 nitrogen and oxygen atoms in total. The molecule has 0 atom stereocenters. The first-order chi connectivity index (χ1) is 37.8. The number of nitriles is 1. The molecule has 0 bridgehead atoms. The third-order valence-corrected chi connectivity index (χ3v) is 11.9. The molecule has 1 aliphatic rings. The van der Waals surface area contributed by atoms with Crippen LogP contribution >= 0.6 is 11.6 Å². The van der Waals surface area contributed by atoms with Gasteiger partial charge in [0.1, 0.15) is 11.4 Å². The number of carbonyl (C=O) groups is 6. The highest BCUT2D eigenvalue weighted by atomic mass is 35.5. The number of rotatable bonds is 30. The average Bonchev–Trinajstić information content (AvgIpc) is 3.44. The van der Waals surface area contributed by atoms with Gasteiger partial charge in [-0.05, 0) is 36.4 Å². The summed E-state index contributed by atoms with van der Waals surface area (Å²) < 4.78 is 67.7. The fraction of sp³-hybridized carbons (Fsp3) is 0.538. The Balaban J connectivity index is 0.00000810. The lowest BCUT2D eigenvalue weighted by Crippen LogP contribution is -2.50. The van der Waals surface area contributed by atoms with Crippen molar-refractivity contribution >= 4 is 52.9 Å². The summed E-state index contributed by atoms with van der Waals surface area (Å²) in [6, 6.07) is 13.2. The summed E-state index contributed by atoms with van der Waals surface area (Å²) in [6.07, 6.45) is -3.87. The van der Waals surface area contributed by atoms with Crippen molar-refractivity contribution in [3.8, 4) is 22.9 Å². The molecular formula is C52H71ClF3N9O14. The van der Waals surface area contributed by atoms with Crippen LogP contribution in [0, 0.1) is 11.3 Å². The lowest BCUT2D eigenvalue weighted by molar-refractivity contribution is -0.141. The number of aliphatic carboxylic acids is 3. The molecule has 2 heterocycles. The second kappa shape index (κ2) is 36.6. The van der Waals surface area contributed by atoms with Gasteiger partial charge in [-0.1, -0.05) is 37.6 Å². The number of carbonyl (C=O) groups excluding carboxylic acids is 3. The van der Waals surface area contributed by atoms with Gasteiger partial charge < -0.3 is 54.5 Å². The molecule has 79 heavy (non-hydrogen) atoms. The maximum absolute atomic E-state index is 13.6. The van der Waals surface area contributed by atoms with E-state index in [1.165, 1.54) is 30.1 Å². The zero-order chi connectivity index (χ0) is 58.2. The number of hydrogen-bond donors (Lipinski definition) is 5. The van der Waals surface area contributed by atoms with Crippen LogP contribution in [0.4, 0.5) is 18.9 Å². The van der Waals surface area contributed by atoms with Gasteiger partial charge >= 0.3 is 24.1 Å². The number of anilines is 1. The predicted molar refractivity (Wildman–Crippen MR) is 283 cm³/mol. The molecule has 2 aromatic carbocycles. The van der Waals surface area contributed by atoms with Crippen molar-refractivity contribution in [3.63, 3.8) is 0 Å². The lowest BCUT2D eigenvalue weighted by Gasteiger charge is -2.32. The molecule has 0 saturated carbocycles. The smallest absolute Gasteiger partial charge is 0.433 e. The number of ether oxygens (including phenoxy) is 5. The van der Waals surface area contributed by atoms with Gasteiger partial charge in [0.2, 0.25) is 11.8 Å².